The van der Waals surface area contributed by atoms with Crippen LogP contribution >= 0.6 is 0 Å². The van der Waals surface area contributed by atoms with Crippen molar-refractivity contribution in [3.05, 3.63) is 41.8 Å². The van der Waals surface area contributed by atoms with E-state index in [1.165, 1.54) is 0 Å². The van der Waals surface area contributed by atoms with Crippen molar-refractivity contribution < 1.29 is 9.90 Å². The third-order valence-corrected chi connectivity index (χ3v) is 2.33. The Morgan fingerprint density at radius 1 is 1.38 bits per heavy atom. The summed E-state index contributed by atoms with van der Waals surface area (Å²) in [5.74, 6) is -0.414. The SMILES string of the molecule is CC(C)(O)CC[CH]c1ccc(C(N)=O)cc1. The topological polar surface area (TPSA) is 63.3 Å². The second-order valence-corrected chi connectivity index (χ2v) is 4.54. The highest BCUT2D eigenvalue weighted by Crippen LogP contribution is 2.15. The fraction of sp³-hybridized carbons (Fsp3) is 0.385. The summed E-state index contributed by atoms with van der Waals surface area (Å²) in [5, 5.41) is 9.53. The minimum absolute atomic E-state index is 0.414. The van der Waals surface area contributed by atoms with Crippen LogP contribution in [-0.4, -0.2) is 16.6 Å². The van der Waals surface area contributed by atoms with Crippen molar-refractivity contribution in [2.45, 2.75) is 32.3 Å². The van der Waals surface area contributed by atoms with Gasteiger partial charge in [-0.1, -0.05) is 12.1 Å². The minimum Gasteiger partial charge on any atom is -0.390 e. The third kappa shape index (κ3) is 4.45. The molecule has 0 aliphatic heterocycles. The van der Waals surface area contributed by atoms with Gasteiger partial charge in [-0.05, 0) is 50.8 Å². The Bertz CT molecular complexity index is 349. The highest BCUT2D eigenvalue weighted by molar-refractivity contribution is 5.92. The number of primary amides is 1. The molecule has 0 saturated carbocycles. The molecule has 3 N–H and O–H groups in total. The molecule has 1 aromatic rings. The Labute approximate surface area is 96.3 Å². The number of hydrogen-bond donors (Lipinski definition) is 2. The first-order valence-corrected chi connectivity index (χ1v) is 5.34. The van der Waals surface area contributed by atoms with Gasteiger partial charge in [0.25, 0.3) is 0 Å². The van der Waals surface area contributed by atoms with Crippen molar-refractivity contribution in [3.8, 4) is 0 Å². The van der Waals surface area contributed by atoms with Crippen molar-refractivity contribution >= 4 is 5.91 Å². The van der Waals surface area contributed by atoms with Crippen molar-refractivity contribution in [1.29, 1.82) is 0 Å². The molecule has 0 spiro atoms. The minimum atomic E-state index is -0.635. The molecule has 1 aromatic carbocycles. The summed E-state index contributed by atoms with van der Waals surface area (Å²) in [6, 6.07) is 7.12. The monoisotopic (exact) mass is 220 g/mol. The number of aliphatic hydroxyl groups is 1. The predicted octanol–water partition coefficient (Wildman–Crippen LogP) is 1.89. The molecule has 0 bridgehead atoms. The molecule has 3 nitrogen and oxygen atoms in total. The van der Waals surface area contributed by atoms with Crippen LogP contribution in [0.1, 0.15) is 42.6 Å². The van der Waals surface area contributed by atoms with Gasteiger partial charge in [0, 0.05) is 5.56 Å². The zero-order valence-electron chi connectivity index (χ0n) is 9.73. The second-order valence-electron chi connectivity index (χ2n) is 4.54. The molecule has 0 saturated heterocycles. The molecule has 1 rings (SSSR count). The highest BCUT2D eigenvalue weighted by atomic mass is 16.3. The standard InChI is InChI=1S/C13H18NO2/c1-13(2,16)9-3-4-10-5-7-11(8-6-10)12(14)15/h4-8,16H,3,9H2,1-2H3,(H2,14,15). The fourth-order valence-electron chi connectivity index (χ4n) is 1.38. The van der Waals surface area contributed by atoms with Gasteiger partial charge >= 0.3 is 0 Å². The van der Waals surface area contributed by atoms with Crippen LogP contribution in [0.25, 0.3) is 0 Å². The molecule has 0 atom stereocenters. The molecule has 1 radical (unpaired) electrons. The average molecular weight is 220 g/mol. The van der Waals surface area contributed by atoms with Crippen LogP contribution in [0.15, 0.2) is 24.3 Å². The quantitative estimate of drug-likeness (QED) is 0.796. The van der Waals surface area contributed by atoms with Gasteiger partial charge in [-0.3, -0.25) is 4.79 Å². The zero-order valence-corrected chi connectivity index (χ0v) is 9.73. The van der Waals surface area contributed by atoms with Gasteiger partial charge in [-0.25, -0.2) is 0 Å². The largest absolute Gasteiger partial charge is 0.390 e. The van der Waals surface area contributed by atoms with Crippen LogP contribution in [0.5, 0.6) is 0 Å². The first-order chi connectivity index (χ1) is 7.38. The van der Waals surface area contributed by atoms with E-state index in [-0.39, 0.29) is 0 Å². The van der Waals surface area contributed by atoms with Crippen LogP contribution in [0, 0.1) is 6.42 Å². The lowest BCUT2D eigenvalue weighted by Gasteiger charge is -2.16. The van der Waals surface area contributed by atoms with Crippen LogP contribution in [0.2, 0.25) is 0 Å². The predicted molar refractivity (Wildman–Crippen MR) is 63.9 cm³/mol. The number of carbonyl (C=O) groups is 1. The van der Waals surface area contributed by atoms with Gasteiger partial charge in [0.2, 0.25) is 5.91 Å². The Balaban J connectivity index is 2.47. The van der Waals surface area contributed by atoms with E-state index in [4.69, 9.17) is 5.73 Å². The molecule has 0 aliphatic carbocycles. The molecule has 0 aliphatic rings. The van der Waals surface area contributed by atoms with Gasteiger partial charge in [0.1, 0.15) is 0 Å². The Morgan fingerprint density at radius 2 is 1.94 bits per heavy atom. The maximum atomic E-state index is 10.8. The maximum Gasteiger partial charge on any atom is 0.248 e. The lowest BCUT2D eigenvalue weighted by atomic mass is 9.98. The lowest BCUT2D eigenvalue weighted by Crippen LogP contribution is -2.17. The number of amides is 1. The van der Waals surface area contributed by atoms with Gasteiger partial charge < -0.3 is 10.8 Å². The van der Waals surface area contributed by atoms with E-state index in [0.717, 1.165) is 12.0 Å². The van der Waals surface area contributed by atoms with Gasteiger partial charge in [0.05, 0.1) is 5.60 Å². The van der Waals surface area contributed by atoms with E-state index in [2.05, 4.69) is 0 Å². The summed E-state index contributed by atoms with van der Waals surface area (Å²) < 4.78 is 0. The Hall–Kier alpha value is -1.35. The van der Waals surface area contributed by atoms with Crippen LogP contribution in [0.3, 0.4) is 0 Å². The molecule has 16 heavy (non-hydrogen) atoms. The lowest BCUT2D eigenvalue weighted by molar-refractivity contribution is 0.0713. The fourth-order valence-corrected chi connectivity index (χ4v) is 1.38. The van der Waals surface area contributed by atoms with Crippen molar-refractivity contribution in [2.24, 2.45) is 5.73 Å². The van der Waals surface area contributed by atoms with E-state index in [1.807, 2.05) is 18.6 Å². The molecule has 0 aromatic heterocycles. The molecule has 87 valence electrons. The molecule has 3 heteroatoms. The number of nitrogens with two attached hydrogens (primary N) is 1. The molecule has 0 unspecified atom stereocenters. The first kappa shape index (κ1) is 12.7. The molecule has 0 heterocycles. The molecular formula is C13H18NO2. The number of benzene rings is 1. The summed E-state index contributed by atoms with van der Waals surface area (Å²) in [6.07, 6.45) is 3.55. The first-order valence-electron chi connectivity index (χ1n) is 5.34. The molecule has 0 fully saturated rings. The van der Waals surface area contributed by atoms with E-state index in [1.54, 1.807) is 26.0 Å². The summed E-state index contributed by atoms with van der Waals surface area (Å²) in [7, 11) is 0. The van der Waals surface area contributed by atoms with Crippen molar-refractivity contribution in [1.82, 2.24) is 0 Å². The summed E-state index contributed by atoms with van der Waals surface area (Å²) >= 11 is 0. The van der Waals surface area contributed by atoms with Crippen molar-refractivity contribution in [2.75, 3.05) is 0 Å². The summed E-state index contributed by atoms with van der Waals surface area (Å²) in [5.41, 5.74) is 6.05. The average Bonchev–Trinajstić information content (AvgIpc) is 2.16. The van der Waals surface area contributed by atoms with Crippen LogP contribution in [-0.2, 0) is 0 Å². The third-order valence-electron chi connectivity index (χ3n) is 2.33. The zero-order chi connectivity index (χ0) is 12.2. The highest BCUT2D eigenvalue weighted by Gasteiger charge is 2.11. The van der Waals surface area contributed by atoms with Crippen molar-refractivity contribution in [3.63, 3.8) is 0 Å². The van der Waals surface area contributed by atoms with Gasteiger partial charge in [-0.2, -0.15) is 0 Å². The summed E-state index contributed by atoms with van der Waals surface area (Å²) in [4.78, 5) is 10.8. The van der Waals surface area contributed by atoms with E-state index in [0.29, 0.717) is 12.0 Å². The number of rotatable bonds is 5. The maximum absolute atomic E-state index is 10.8. The Morgan fingerprint density at radius 3 is 2.38 bits per heavy atom. The van der Waals surface area contributed by atoms with E-state index in [9.17, 15) is 9.90 Å². The second kappa shape index (κ2) is 5.12. The Kier molecular flexibility index (Phi) is 4.07. The van der Waals surface area contributed by atoms with Crippen LogP contribution in [0.4, 0.5) is 0 Å². The van der Waals surface area contributed by atoms with E-state index < -0.39 is 11.5 Å². The van der Waals surface area contributed by atoms with Gasteiger partial charge in [-0.15, -0.1) is 0 Å². The van der Waals surface area contributed by atoms with E-state index >= 15 is 0 Å². The van der Waals surface area contributed by atoms with Crippen LogP contribution < -0.4 is 5.73 Å². The summed E-state index contributed by atoms with van der Waals surface area (Å²) in [6.45, 7) is 3.58. The number of hydrogen-bond acceptors (Lipinski definition) is 2. The van der Waals surface area contributed by atoms with Gasteiger partial charge in [0.15, 0.2) is 0 Å². The molecule has 1 amide bonds. The normalized spacial score (nSPS) is 11.4. The number of carbonyl (C=O) groups excluding carboxylic acids is 1. The smallest absolute Gasteiger partial charge is 0.248 e. The molecular weight excluding hydrogens is 202 g/mol.